The lowest BCUT2D eigenvalue weighted by molar-refractivity contribution is -0.137. The third-order valence-electron chi connectivity index (χ3n) is 2.93. The van der Waals surface area contributed by atoms with Crippen LogP contribution in [0.1, 0.15) is 53.8 Å². The van der Waals surface area contributed by atoms with Crippen molar-refractivity contribution in [2.45, 2.75) is 39.2 Å². The van der Waals surface area contributed by atoms with Crippen molar-refractivity contribution in [1.82, 2.24) is 10.6 Å². The molecule has 0 aliphatic rings. The molecule has 1 aromatic rings. The number of benzene rings is 1. The van der Waals surface area contributed by atoms with Gasteiger partial charge in [0.1, 0.15) is 0 Å². The van der Waals surface area contributed by atoms with Gasteiger partial charge in [-0.25, -0.2) is 0 Å². The predicted octanol–water partition coefficient (Wildman–Crippen LogP) is 1.81. The molecule has 0 unspecified atom stereocenters. The number of hydrogen-bond acceptors (Lipinski definition) is 3. The Labute approximate surface area is 129 Å². The molecular formula is C16H22N2O4. The molecule has 0 radical (unpaired) electrons. The van der Waals surface area contributed by atoms with Crippen LogP contribution >= 0.6 is 0 Å². The first-order valence-corrected chi connectivity index (χ1v) is 7.31. The van der Waals surface area contributed by atoms with E-state index in [0.29, 0.717) is 30.5 Å². The molecular weight excluding hydrogens is 284 g/mol. The molecule has 0 spiro atoms. The largest absolute Gasteiger partial charge is 0.481 e. The van der Waals surface area contributed by atoms with E-state index >= 15 is 0 Å². The highest BCUT2D eigenvalue weighted by Crippen LogP contribution is 2.05. The molecule has 1 aromatic carbocycles. The van der Waals surface area contributed by atoms with E-state index in [0.717, 1.165) is 0 Å². The first-order valence-electron chi connectivity index (χ1n) is 7.31. The summed E-state index contributed by atoms with van der Waals surface area (Å²) in [5.41, 5.74) is 0.978. The number of carboxylic acid groups (broad SMARTS) is 1. The summed E-state index contributed by atoms with van der Waals surface area (Å²) in [7, 11) is 0. The van der Waals surface area contributed by atoms with Gasteiger partial charge in [0.25, 0.3) is 11.8 Å². The van der Waals surface area contributed by atoms with Crippen molar-refractivity contribution in [3.8, 4) is 0 Å². The molecule has 0 aromatic heterocycles. The van der Waals surface area contributed by atoms with E-state index in [9.17, 15) is 14.4 Å². The van der Waals surface area contributed by atoms with E-state index in [1.54, 1.807) is 24.3 Å². The molecule has 0 aliphatic carbocycles. The van der Waals surface area contributed by atoms with E-state index in [-0.39, 0.29) is 24.3 Å². The molecule has 0 atom stereocenters. The van der Waals surface area contributed by atoms with Gasteiger partial charge in [0, 0.05) is 30.1 Å². The average Bonchev–Trinajstić information content (AvgIpc) is 2.45. The Morgan fingerprint density at radius 2 is 1.55 bits per heavy atom. The van der Waals surface area contributed by atoms with Crippen LogP contribution in [0.3, 0.4) is 0 Å². The van der Waals surface area contributed by atoms with Gasteiger partial charge in [0.05, 0.1) is 0 Å². The van der Waals surface area contributed by atoms with Gasteiger partial charge in [0.2, 0.25) is 0 Å². The maximum atomic E-state index is 11.9. The van der Waals surface area contributed by atoms with Gasteiger partial charge >= 0.3 is 5.97 Å². The number of rotatable bonds is 8. The molecule has 6 nitrogen and oxygen atoms in total. The molecule has 0 aliphatic heterocycles. The molecule has 0 saturated carbocycles. The normalized spacial score (nSPS) is 10.3. The summed E-state index contributed by atoms with van der Waals surface area (Å²) in [6.45, 7) is 4.19. The summed E-state index contributed by atoms with van der Waals surface area (Å²) in [6.07, 6.45) is 1.26. The lowest BCUT2D eigenvalue weighted by Crippen LogP contribution is -2.30. The molecule has 0 heterocycles. The second-order valence-electron chi connectivity index (χ2n) is 5.31. The van der Waals surface area contributed by atoms with Crippen molar-refractivity contribution in [3.05, 3.63) is 35.4 Å². The summed E-state index contributed by atoms with van der Waals surface area (Å²) in [5.74, 6) is -1.23. The van der Waals surface area contributed by atoms with Gasteiger partial charge < -0.3 is 15.7 Å². The second-order valence-corrected chi connectivity index (χ2v) is 5.31. The van der Waals surface area contributed by atoms with Crippen LogP contribution in [0.5, 0.6) is 0 Å². The van der Waals surface area contributed by atoms with Gasteiger partial charge in [-0.1, -0.05) is 0 Å². The number of carboxylic acids is 1. The molecule has 2 amide bonds. The Morgan fingerprint density at radius 3 is 2.05 bits per heavy atom. The Hall–Kier alpha value is -2.37. The quantitative estimate of drug-likeness (QED) is 0.638. The van der Waals surface area contributed by atoms with Gasteiger partial charge in [-0.15, -0.1) is 0 Å². The van der Waals surface area contributed by atoms with E-state index < -0.39 is 5.97 Å². The minimum atomic E-state index is -0.832. The fraction of sp³-hybridized carbons (Fsp3) is 0.438. The summed E-state index contributed by atoms with van der Waals surface area (Å²) in [4.78, 5) is 34.0. The highest BCUT2D eigenvalue weighted by Gasteiger charge is 2.09. The zero-order valence-corrected chi connectivity index (χ0v) is 12.9. The number of carbonyl (C=O) groups excluding carboxylic acids is 2. The molecule has 1 rings (SSSR count). The monoisotopic (exact) mass is 306 g/mol. The molecule has 22 heavy (non-hydrogen) atoms. The summed E-state index contributed by atoms with van der Waals surface area (Å²) in [6, 6.07) is 6.47. The lowest BCUT2D eigenvalue weighted by atomic mass is 10.1. The zero-order chi connectivity index (χ0) is 16.5. The maximum absolute atomic E-state index is 11.9. The SMILES string of the molecule is CC(C)NC(=O)c1ccc(C(=O)NCCCCC(=O)O)cc1. The third kappa shape index (κ3) is 6.39. The van der Waals surface area contributed by atoms with E-state index in [1.807, 2.05) is 13.8 Å². The van der Waals surface area contributed by atoms with Crippen LogP contribution in [0.25, 0.3) is 0 Å². The Kier molecular flexibility index (Phi) is 7.08. The topological polar surface area (TPSA) is 95.5 Å². The van der Waals surface area contributed by atoms with Crippen molar-refractivity contribution in [2.75, 3.05) is 6.54 Å². The van der Waals surface area contributed by atoms with Gasteiger partial charge in [-0.05, 0) is 51.0 Å². The molecule has 0 bridgehead atoms. The Bertz CT molecular complexity index is 523. The van der Waals surface area contributed by atoms with E-state index in [1.165, 1.54) is 0 Å². The first kappa shape index (κ1) is 17.7. The maximum Gasteiger partial charge on any atom is 0.303 e. The standard InChI is InChI=1S/C16H22N2O4/c1-11(2)18-16(22)13-8-6-12(7-9-13)15(21)17-10-4-3-5-14(19)20/h6-9,11H,3-5,10H2,1-2H3,(H,17,21)(H,18,22)(H,19,20). The molecule has 0 saturated heterocycles. The fourth-order valence-electron chi connectivity index (χ4n) is 1.82. The summed E-state index contributed by atoms with van der Waals surface area (Å²) in [5, 5.41) is 14.0. The van der Waals surface area contributed by atoms with Crippen molar-refractivity contribution < 1.29 is 19.5 Å². The van der Waals surface area contributed by atoms with E-state index in [4.69, 9.17) is 5.11 Å². The molecule has 0 fully saturated rings. The third-order valence-corrected chi connectivity index (χ3v) is 2.93. The number of amides is 2. The van der Waals surface area contributed by atoms with Crippen molar-refractivity contribution in [1.29, 1.82) is 0 Å². The van der Waals surface area contributed by atoms with Crippen molar-refractivity contribution in [3.63, 3.8) is 0 Å². The Balaban J connectivity index is 2.43. The molecule has 6 heteroatoms. The second kappa shape index (κ2) is 8.81. The zero-order valence-electron chi connectivity index (χ0n) is 12.9. The number of hydrogen-bond donors (Lipinski definition) is 3. The highest BCUT2D eigenvalue weighted by atomic mass is 16.4. The van der Waals surface area contributed by atoms with Gasteiger partial charge in [0.15, 0.2) is 0 Å². The van der Waals surface area contributed by atoms with Crippen LogP contribution in [0.2, 0.25) is 0 Å². The van der Waals surface area contributed by atoms with Gasteiger partial charge in [-0.2, -0.15) is 0 Å². The van der Waals surface area contributed by atoms with Crippen LogP contribution in [0, 0.1) is 0 Å². The Morgan fingerprint density at radius 1 is 1.00 bits per heavy atom. The average molecular weight is 306 g/mol. The van der Waals surface area contributed by atoms with Crippen molar-refractivity contribution >= 4 is 17.8 Å². The van der Waals surface area contributed by atoms with Crippen LogP contribution in [-0.2, 0) is 4.79 Å². The number of nitrogens with one attached hydrogen (secondary N) is 2. The highest BCUT2D eigenvalue weighted by molar-refractivity contribution is 5.97. The van der Waals surface area contributed by atoms with Gasteiger partial charge in [-0.3, -0.25) is 14.4 Å². The molecule has 120 valence electrons. The van der Waals surface area contributed by atoms with Crippen LogP contribution in [0.15, 0.2) is 24.3 Å². The first-order chi connectivity index (χ1) is 10.4. The summed E-state index contributed by atoms with van der Waals surface area (Å²) >= 11 is 0. The van der Waals surface area contributed by atoms with E-state index in [2.05, 4.69) is 10.6 Å². The minimum Gasteiger partial charge on any atom is -0.481 e. The smallest absolute Gasteiger partial charge is 0.303 e. The van der Waals surface area contributed by atoms with Crippen LogP contribution in [-0.4, -0.2) is 35.5 Å². The number of carbonyl (C=O) groups is 3. The van der Waals surface area contributed by atoms with Crippen LogP contribution < -0.4 is 10.6 Å². The number of aliphatic carboxylic acids is 1. The predicted molar refractivity (Wildman–Crippen MR) is 82.9 cm³/mol. The summed E-state index contributed by atoms with van der Waals surface area (Å²) < 4.78 is 0. The van der Waals surface area contributed by atoms with Crippen molar-refractivity contribution in [2.24, 2.45) is 0 Å². The fourth-order valence-corrected chi connectivity index (χ4v) is 1.82. The lowest BCUT2D eigenvalue weighted by Gasteiger charge is -2.09. The molecule has 3 N–H and O–H groups in total. The number of unbranched alkanes of at least 4 members (excludes halogenated alkanes) is 1. The minimum absolute atomic E-state index is 0.0567. The van der Waals surface area contributed by atoms with Crippen LogP contribution in [0.4, 0.5) is 0 Å².